The van der Waals surface area contributed by atoms with Gasteiger partial charge in [0.05, 0.1) is 12.0 Å². The molecule has 0 atom stereocenters. The molecule has 0 heterocycles. The van der Waals surface area contributed by atoms with Gasteiger partial charge in [0.15, 0.2) is 0 Å². The lowest BCUT2D eigenvalue weighted by molar-refractivity contribution is 0.414. The molecule has 0 fully saturated rings. The van der Waals surface area contributed by atoms with Crippen LogP contribution in [0.1, 0.15) is 33.1 Å². The fourth-order valence-electron chi connectivity index (χ4n) is 1.72. The maximum absolute atomic E-state index is 12.0. The third kappa shape index (κ3) is 5.61. The zero-order chi connectivity index (χ0) is 14.3. The first kappa shape index (κ1) is 16.0. The van der Waals surface area contributed by atoms with Crippen LogP contribution in [0.5, 0.6) is 5.75 Å². The van der Waals surface area contributed by atoms with E-state index in [-0.39, 0.29) is 4.90 Å². The van der Waals surface area contributed by atoms with Gasteiger partial charge >= 0.3 is 0 Å². The molecule has 1 aromatic rings. The van der Waals surface area contributed by atoms with E-state index in [1.54, 1.807) is 31.4 Å². The van der Waals surface area contributed by atoms with Gasteiger partial charge in [-0.2, -0.15) is 0 Å². The second-order valence-corrected chi connectivity index (χ2v) is 6.73. The molecule has 0 unspecified atom stereocenters. The molecule has 4 nitrogen and oxygen atoms in total. The molecule has 1 rings (SSSR count). The van der Waals surface area contributed by atoms with Crippen LogP contribution >= 0.6 is 0 Å². The molecule has 5 heteroatoms. The molecule has 0 saturated carbocycles. The van der Waals surface area contributed by atoms with Gasteiger partial charge in [-0.25, -0.2) is 13.1 Å². The van der Waals surface area contributed by atoms with Crippen LogP contribution in [0.25, 0.3) is 0 Å². The Morgan fingerprint density at radius 3 is 2.32 bits per heavy atom. The average Bonchev–Trinajstić information content (AvgIpc) is 2.38. The van der Waals surface area contributed by atoms with Gasteiger partial charge in [-0.3, -0.25) is 0 Å². The van der Waals surface area contributed by atoms with Crippen molar-refractivity contribution < 1.29 is 13.2 Å². The Balaban J connectivity index is 2.46. The summed E-state index contributed by atoms with van der Waals surface area (Å²) in [7, 11) is -1.84. The summed E-state index contributed by atoms with van der Waals surface area (Å²) in [4.78, 5) is 0.275. The van der Waals surface area contributed by atoms with Crippen molar-refractivity contribution in [3.05, 3.63) is 24.3 Å². The highest BCUT2D eigenvalue weighted by molar-refractivity contribution is 7.89. The fourth-order valence-corrected chi connectivity index (χ4v) is 2.80. The first-order valence-electron chi connectivity index (χ1n) is 6.59. The molecule has 0 bridgehead atoms. The number of benzene rings is 1. The lowest BCUT2D eigenvalue weighted by Crippen LogP contribution is -2.24. The van der Waals surface area contributed by atoms with Gasteiger partial charge in [0.2, 0.25) is 10.0 Å². The number of ether oxygens (including phenoxy) is 1. The third-order valence-corrected chi connectivity index (χ3v) is 4.35. The summed E-state index contributed by atoms with van der Waals surface area (Å²) in [5.74, 6) is 1.31. The summed E-state index contributed by atoms with van der Waals surface area (Å²) in [5.41, 5.74) is 0. The van der Waals surface area contributed by atoms with Crippen molar-refractivity contribution >= 4 is 10.0 Å². The minimum Gasteiger partial charge on any atom is -0.497 e. The van der Waals surface area contributed by atoms with E-state index in [0.717, 1.165) is 19.3 Å². The van der Waals surface area contributed by atoms with Crippen LogP contribution in [-0.2, 0) is 10.0 Å². The lowest BCUT2D eigenvalue weighted by atomic mass is 10.1. The van der Waals surface area contributed by atoms with Crippen LogP contribution in [0.3, 0.4) is 0 Å². The highest BCUT2D eigenvalue weighted by Gasteiger charge is 2.12. The Labute approximate surface area is 116 Å². The van der Waals surface area contributed by atoms with E-state index in [9.17, 15) is 8.42 Å². The molecule has 0 radical (unpaired) electrons. The predicted molar refractivity (Wildman–Crippen MR) is 76.9 cm³/mol. The molecule has 0 aromatic heterocycles. The van der Waals surface area contributed by atoms with Gasteiger partial charge in [-0.05, 0) is 36.6 Å². The quantitative estimate of drug-likeness (QED) is 0.747. The minimum absolute atomic E-state index is 0.275. The van der Waals surface area contributed by atoms with Crippen LogP contribution in [-0.4, -0.2) is 22.1 Å². The maximum Gasteiger partial charge on any atom is 0.240 e. The molecule has 1 N–H and O–H groups in total. The summed E-state index contributed by atoms with van der Waals surface area (Å²) in [6, 6.07) is 6.39. The van der Waals surface area contributed by atoms with Crippen molar-refractivity contribution in [1.29, 1.82) is 0 Å². The number of hydrogen-bond donors (Lipinski definition) is 1. The number of methoxy groups -OCH3 is 1. The van der Waals surface area contributed by atoms with Crippen molar-refractivity contribution in [2.24, 2.45) is 5.92 Å². The Hall–Kier alpha value is -1.07. The van der Waals surface area contributed by atoms with Crippen molar-refractivity contribution in [3.8, 4) is 5.75 Å². The van der Waals surface area contributed by atoms with E-state index in [2.05, 4.69) is 18.6 Å². The molecule has 0 spiro atoms. The Bertz CT molecular complexity index is 466. The van der Waals surface area contributed by atoms with Gasteiger partial charge in [-0.15, -0.1) is 0 Å². The highest BCUT2D eigenvalue weighted by atomic mass is 32.2. The average molecular weight is 285 g/mol. The topological polar surface area (TPSA) is 55.4 Å². The highest BCUT2D eigenvalue weighted by Crippen LogP contribution is 2.15. The SMILES string of the molecule is COc1ccc(S(=O)(=O)NCCCCC(C)C)cc1. The largest absolute Gasteiger partial charge is 0.497 e. The molecule has 1 aromatic carbocycles. The van der Waals surface area contributed by atoms with E-state index in [4.69, 9.17) is 4.74 Å². The van der Waals surface area contributed by atoms with Gasteiger partial charge in [0.25, 0.3) is 0 Å². The standard InChI is InChI=1S/C14H23NO3S/c1-12(2)6-4-5-11-15-19(16,17)14-9-7-13(18-3)8-10-14/h7-10,12,15H,4-6,11H2,1-3H3. The second kappa shape index (κ2) is 7.50. The third-order valence-electron chi connectivity index (χ3n) is 2.87. The molecular weight excluding hydrogens is 262 g/mol. The van der Waals surface area contributed by atoms with Crippen molar-refractivity contribution in [3.63, 3.8) is 0 Å². The van der Waals surface area contributed by atoms with Gasteiger partial charge in [0.1, 0.15) is 5.75 Å². The van der Waals surface area contributed by atoms with Crippen LogP contribution in [0.2, 0.25) is 0 Å². The van der Waals surface area contributed by atoms with E-state index >= 15 is 0 Å². The van der Waals surface area contributed by atoms with Gasteiger partial charge in [-0.1, -0.05) is 26.7 Å². The normalized spacial score (nSPS) is 11.8. The van der Waals surface area contributed by atoms with Crippen LogP contribution < -0.4 is 9.46 Å². The van der Waals surface area contributed by atoms with E-state index in [1.807, 2.05) is 0 Å². The maximum atomic E-state index is 12.0. The second-order valence-electron chi connectivity index (χ2n) is 4.96. The first-order valence-corrected chi connectivity index (χ1v) is 8.07. The van der Waals surface area contributed by atoms with Crippen LogP contribution in [0.4, 0.5) is 0 Å². The van der Waals surface area contributed by atoms with Gasteiger partial charge in [0, 0.05) is 6.54 Å². The van der Waals surface area contributed by atoms with Crippen LogP contribution in [0, 0.1) is 5.92 Å². The zero-order valence-electron chi connectivity index (χ0n) is 11.8. The Kier molecular flexibility index (Phi) is 6.31. The fraction of sp³-hybridized carbons (Fsp3) is 0.571. The summed E-state index contributed by atoms with van der Waals surface area (Å²) >= 11 is 0. The number of sulfonamides is 1. The molecule has 108 valence electrons. The lowest BCUT2D eigenvalue weighted by Gasteiger charge is -2.08. The zero-order valence-corrected chi connectivity index (χ0v) is 12.7. The molecular formula is C14H23NO3S. The summed E-state index contributed by atoms with van der Waals surface area (Å²) < 4.78 is 31.6. The molecule has 0 aliphatic heterocycles. The Morgan fingerprint density at radius 1 is 1.16 bits per heavy atom. The summed E-state index contributed by atoms with van der Waals surface area (Å²) in [6.07, 6.45) is 3.04. The number of nitrogens with one attached hydrogen (secondary N) is 1. The van der Waals surface area contributed by atoms with Crippen molar-refractivity contribution in [2.45, 2.75) is 38.0 Å². The van der Waals surface area contributed by atoms with Gasteiger partial charge < -0.3 is 4.74 Å². The molecule has 0 aliphatic rings. The number of rotatable bonds is 8. The number of hydrogen-bond acceptors (Lipinski definition) is 3. The Morgan fingerprint density at radius 2 is 1.79 bits per heavy atom. The van der Waals surface area contributed by atoms with Crippen molar-refractivity contribution in [1.82, 2.24) is 4.72 Å². The molecule has 0 saturated heterocycles. The molecule has 0 amide bonds. The first-order chi connectivity index (χ1) is 8.95. The molecule has 19 heavy (non-hydrogen) atoms. The minimum atomic E-state index is -3.39. The summed E-state index contributed by atoms with van der Waals surface area (Å²) in [6.45, 7) is 4.82. The van der Waals surface area contributed by atoms with E-state index in [0.29, 0.717) is 18.2 Å². The monoisotopic (exact) mass is 285 g/mol. The summed E-state index contributed by atoms with van der Waals surface area (Å²) in [5, 5.41) is 0. The smallest absolute Gasteiger partial charge is 0.240 e. The predicted octanol–water partition coefficient (Wildman–Crippen LogP) is 2.80. The van der Waals surface area contributed by atoms with E-state index < -0.39 is 10.0 Å². The molecule has 0 aliphatic carbocycles. The van der Waals surface area contributed by atoms with Crippen LogP contribution in [0.15, 0.2) is 29.2 Å². The van der Waals surface area contributed by atoms with E-state index in [1.165, 1.54) is 0 Å². The van der Waals surface area contributed by atoms with Crippen molar-refractivity contribution in [2.75, 3.05) is 13.7 Å². The number of unbranched alkanes of at least 4 members (excludes halogenated alkanes) is 1.